The summed E-state index contributed by atoms with van der Waals surface area (Å²) in [6, 6.07) is 22.2. The fraction of sp³-hybridized carbons (Fsp3) is 0.208. The van der Waals surface area contributed by atoms with Crippen LogP contribution in [0.25, 0.3) is 0 Å². The van der Waals surface area contributed by atoms with Crippen molar-refractivity contribution in [2.45, 2.75) is 36.5 Å². The molecule has 3 nitrogen and oxygen atoms in total. The minimum Gasteiger partial charge on any atom is -0.377 e. The maximum absolute atomic E-state index is 13.7. The maximum atomic E-state index is 13.7. The van der Waals surface area contributed by atoms with Gasteiger partial charge in [-0.3, -0.25) is 4.21 Å². The van der Waals surface area contributed by atoms with E-state index in [1.807, 2.05) is 54.6 Å². The van der Waals surface area contributed by atoms with Crippen LogP contribution in [0.4, 0.5) is 0 Å². The number of oxime groups is 1. The minimum absolute atomic E-state index is 0.368. The molecule has 5 rings (SSSR count). The van der Waals surface area contributed by atoms with Crippen LogP contribution in [-0.2, 0) is 21.2 Å². The van der Waals surface area contributed by atoms with E-state index in [9.17, 15) is 4.21 Å². The van der Waals surface area contributed by atoms with E-state index in [2.05, 4.69) is 38.1 Å². The molecule has 0 aromatic heterocycles. The van der Waals surface area contributed by atoms with Crippen LogP contribution in [0.2, 0.25) is 0 Å². The summed E-state index contributed by atoms with van der Waals surface area (Å²) in [7, 11) is -1.25. The second-order valence-electron chi connectivity index (χ2n) is 7.62. The Morgan fingerprint density at radius 2 is 1.57 bits per heavy atom. The molecule has 2 aliphatic heterocycles. The molecule has 2 aliphatic rings. The lowest BCUT2D eigenvalue weighted by molar-refractivity contribution is 0.0150. The van der Waals surface area contributed by atoms with Gasteiger partial charge in [0.2, 0.25) is 5.60 Å². The molecule has 4 heteroatoms. The molecule has 0 bridgehead atoms. The normalized spacial score (nSPS) is 25.0. The largest absolute Gasteiger partial charge is 0.377 e. The highest BCUT2D eigenvalue weighted by Crippen LogP contribution is 2.53. The second kappa shape index (κ2) is 6.14. The third-order valence-corrected chi connectivity index (χ3v) is 7.53. The van der Waals surface area contributed by atoms with Crippen LogP contribution in [0.15, 0.2) is 76.8 Å². The molecule has 3 aromatic rings. The van der Waals surface area contributed by atoms with Crippen molar-refractivity contribution in [2.75, 3.05) is 0 Å². The van der Waals surface area contributed by atoms with Crippen molar-refractivity contribution in [3.05, 3.63) is 100 Å². The van der Waals surface area contributed by atoms with Gasteiger partial charge in [-0.2, -0.15) is 0 Å². The SMILES string of the molecule is Cc1cc(C)c(C2=NOC3(c4ccccc4)c4ccccc4S(=O)[C@H]23)c(C)c1. The van der Waals surface area contributed by atoms with Gasteiger partial charge in [0.25, 0.3) is 0 Å². The van der Waals surface area contributed by atoms with E-state index in [1.165, 1.54) is 5.56 Å². The van der Waals surface area contributed by atoms with E-state index in [0.29, 0.717) is 0 Å². The molecular weight excluding hydrogens is 366 g/mol. The fourth-order valence-electron chi connectivity index (χ4n) is 4.73. The van der Waals surface area contributed by atoms with Crippen molar-refractivity contribution >= 4 is 16.5 Å². The Kier molecular flexibility index (Phi) is 3.81. The van der Waals surface area contributed by atoms with Crippen LogP contribution >= 0.6 is 0 Å². The predicted octanol–water partition coefficient (Wildman–Crippen LogP) is 4.78. The zero-order valence-electron chi connectivity index (χ0n) is 16.1. The number of hydrogen-bond acceptors (Lipinski definition) is 3. The lowest BCUT2D eigenvalue weighted by atomic mass is 9.80. The van der Waals surface area contributed by atoms with E-state index in [-0.39, 0.29) is 5.25 Å². The first-order valence-electron chi connectivity index (χ1n) is 9.44. The highest BCUT2D eigenvalue weighted by molar-refractivity contribution is 7.87. The summed E-state index contributed by atoms with van der Waals surface area (Å²) in [6.07, 6.45) is 0. The third-order valence-electron chi connectivity index (χ3n) is 5.76. The van der Waals surface area contributed by atoms with Gasteiger partial charge in [-0.1, -0.05) is 71.4 Å². The monoisotopic (exact) mass is 387 g/mol. The van der Waals surface area contributed by atoms with E-state index in [4.69, 9.17) is 4.84 Å². The smallest absolute Gasteiger partial charge is 0.209 e. The van der Waals surface area contributed by atoms with Crippen LogP contribution in [0, 0.1) is 20.8 Å². The van der Waals surface area contributed by atoms with Crippen molar-refractivity contribution in [1.82, 2.24) is 0 Å². The molecule has 0 saturated heterocycles. The Labute approximate surface area is 167 Å². The Morgan fingerprint density at radius 3 is 2.29 bits per heavy atom. The second-order valence-corrected chi connectivity index (χ2v) is 9.12. The molecule has 0 saturated carbocycles. The van der Waals surface area contributed by atoms with Crippen LogP contribution in [0.3, 0.4) is 0 Å². The summed E-state index contributed by atoms with van der Waals surface area (Å²) in [5, 5.41) is 4.20. The molecule has 0 amide bonds. The quantitative estimate of drug-likeness (QED) is 0.635. The maximum Gasteiger partial charge on any atom is 0.209 e. The summed E-state index contributed by atoms with van der Waals surface area (Å²) in [4.78, 5) is 7.09. The Balaban J connectivity index is 1.77. The lowest BCUT2D eigenvalue weighted by Gasteiger charge is -2.28. The van der Waals surface area contributed by atoms with Gasteiger partial charge in [-0.25, -0.2) is 0 Å². The molecule has 2 heterocycles. The molecule has 0 aliphatic carbocycles. The zero-order chi connectivity index (χ0) is 19.5. The summed E-state index contributed by atoms with van der Waals surface area (Å²) in [5.41, 5.74) is 6.41. The molecule has 0 spiro atoms. The van der Waals surface area contributed by atoms with E-state index in [1.54, 1.807) is 0 Å². The summed E-state index contributed by atoms with van der Waals surface area (Å²) in [5.74, 6) is 0. The van der Waals surface area contributed by atoms with Gasteiger partial charge in [-0.15, -0.1) is 0 Å². The summed E-state index contributed by atoms with van der Waals surface area (Å²) in [6.45, 7) is 6.27. The first kappa shape index (κ1) is 17.4. The van der Waals surface area contributed by atoms with Crippen LogP contribution < -0.4 is 0 Å². The molecular formula is C24H21NO2S. The van der Waals surface area contributed by atoms with Gasteiger partial charge in [0, 0.05) is 21.6 Å². The van der Waals surface area contributed by atoms with E-state index >= 15 is 0 Å². The first-order valence-corrected chi connectivity index (χ1v) is 10.6. The summed E-state index contributed by atoms with van der Waals surface area (Å²) < 4.78 is 13.7. The van der Waals surface area contributed by atoms with Crippen molar-refractivity contribution in [3.8, 4) is 0 Å². The summed E-state index contributed by atoms with van der Waals surface area (Å²) >= 11 is 0. The van der Waals surface area contributed by atoms with Crippen LogP contribution in [0.5, 0.6) is 0 Å². The topological polar surface area (TPSA) is 38.7 Å². The molecule has 3 aromatic carbocycles. The molecule has 2 unspecified atom stereocenters. The number of aryl methyl sites for hydroxylation is 3. The van der Waals surface area contributed by atoms with Crippen molar-refractivity contribution in [1.29, 1.82) is 0 Å². The average Bonchev–Trinajstić information content (AvgIpc) is 3.19. The first-order chi connectivity index (χ1) is 13.5. The fourth-order valence-corrected chi connectivity index (χ4v) is 6.61. The number of nitrogens with zero attached hydrogens (tertiary/aromatic N) is 1. The molecule has 28 heavy (non-hydrogen) atoms. The van der Waals surface area contributed by atoms with Crippen molar-refractivity contribution < 1.29 is 9.05 Å². The van der Waals surface area contributed by atoms with Gasteiger partial charge in [0.15, 0.2) is 0 Å². The third kappa shape index (κ3) is 2.21. The molecule has 0 N–H and O–H groups in total. The van der Waals surface area contributed by atoms with Gasteiger partial charge in [0.1, 0.15) is 11.0 Å². The van der Waals surface area contributed by atoms with Crippen LogP contribution in [0.1, 0.15) is 33.4 Å². The van der Waals surface area contributed by atoms with E-state index < -0.39 is 16.4 Å². The average molecular weight is 388 g/mol. The molecule has 0 radical (unpaired) electrons. The molecule has 3 atom stereocenters. The van der Waals surface area contributed by atoms with E-state index in [0.717, 1.165) is 38.4 Å². The molecule has 0 fully saturated rings. The minimum atomic E-state index is -1.25. The zero-order valence-corrected chi connectivity index (χ0v) is 16.9. The number of rotatable bonds is 2. The Morgan fingerprint density at radius 1 is 0.929 bits per heavy atom. The number of fused-ring (bicyclic) bond motifs is 3. The van der Waals surface area contributed by atoms with Crippen LogP contribution in [-0.4, -0.2) is 15.2 Å². The van der Waals surface area contributed by atoms with Crippen molar-refractivity contribution in [3.63, 3.8) is 0 Å². The van der Waals surface area contributed by atoms with Gasteiger partial charge in [-0.05, 0) is 38.0 Å². The van der Waals surface area contributed by atoms with Gasteiger partial charge in [0.05, 0.1) is 10.8 Å². The Hall–Kier alpha value is -2.72. The lowest BCUT2D eigenvalue weighted by Crippen LogP contribution is -2.40. The van der Waals surface area contributed by atoms with Crippen molar-refractivity contribution in [2.24, 2.45) is 5.16 Å². The van der Waals surface area contributed by atoms with Gasteiger partial charge >= 0.3 is 0 Å². The number of hydrogen-bond donors (Lipinski definition) is 0. The highest BCUT2D eigenvalue weighted by atomic mass is 32.2. The number of benzene rings is 3. The Bertz CT molecular complexity index is 1130. The molecule has 140 valence electrons. The predicted molar refractivity (Wildman–Crippen MR) is 112 cm³/mol. The standard InChI is InChI=1S/C24H21NO2S/c1-15-13-16(2)21(17(3)14-15)22-23-24(27-25-22,18-9-5-4-6-10-18)19-11-7-8-12-20(19)28(23)26/h4-14,23H,1-3H3/t23-,24?,28?/m1/s1. The highest BCUT2D eigenvalue weighted by Gasteiger charge is 2.61. The van der Waals surface area contributed by atoms with Gasteiger partial charge < -0.3 is 4.84 Å².